The van der Waals surface area contributed by atoms with E-state index in [1.807, 2.05) is 11.9 Å². The van der Waals surface area contributed by atoms with Crippen LogP contribution in [0.2, 0.25) is 0 Å². The molecule has 12 heteroatoms. The third-order valence-corrected chi connectivity index (χ3v) is 6.44. The molecule has 0 bridgehead atoms. The van der Waals surface area contributed by atoms with Gasteiger partial charge in [0.25, 0.3) is 11.6 Å². The Balaban J connectivity index is 1.97. The number of nitro groups is 1. The predicted octanol–water partition coefficient (Wildman–Crippen LogP) is 0.854. The van der Waals surface area contributed by atoms with Gasteiger partial charge in [-0.2, -0.15) is 12.6 Å². The third kappa shape index (κ3) is 8.90. The maximum Gasteiger partial charge on any atom is 0.488 e. The van der Waals surface area contributed by atoms with Gasteiger partial charge in [0.05, 0.1) is 11.5 Å². The molecule has 1 aliphatic rings. The molecular formula is C22H35BN4O6S. The molecule has 0 aliphatic heterocycles. The smallest absolute Gasteiger partial charge is 0.423 e. The Morgan fingerprint density at radius 2 is 1.88 bits per heavy atom. The van der Waals surface area contributed by atoms with E-state index < -0.39 is 23.6 Å². The number of thiol groups is 1. The van der Waals surface area contributed by atoms with Crippen molar-refractivity contribution in [2.75, 3.05) is 25.9 Å². The van der Waals surface area contributed by atoms with E-state index in [1.165, 1.54) is 6.07 Å². The zero-order chi connectivity index (χ0) is 25.1. The molecule has 1 aromatic carbocycles. The molecule has 0 aromatic heterocycles. The van der Waals surface area contributed by atoms with Gasteiger partial charge in [-0.05, 0) is 50.0 Å². The molecule has 0 spiro atoms. The number of nitro benzene ring substituents is 1. The topological polar surface area (TPSA) is 145 Å². The molecule has 1 saturated carbocycles. The first kappa shape index (κ1) is 28.1. The minimum Gasteiger partial charge on any atom is -0.423 e. The summed E-state index contributed by atoms with van der Waals surface area (Å²) in [5.74, 6) is 0.288. The number of carbonyl (C=O) groups is 2. The highest BCUT2D eigenvalue weighted by Gasteiger charge is 2.31. The van der Waals surface area contributed by atoms with Crippen molar-refractivity contribution >= 4 is 42.7 Å². The molecular weight excluding hydrogens is 459 g/mol. The number of likely N-dealkylation sites (N-methyl/N-ethyl adjacent to an activating group) is 1. The van der Waals surface area contributed by atoms with Crippen LogP contribution in [0, 0.1) is 10.1 Å². The summed E-state index contributed by atoms with van der Waals surface area (Å²) in [6, 6.07) is 3.09. The normalized spacial score (nSPS) is 17.9. The number of rotatable bonds is 13. The quantitative estimate of drug-likeness (QED) is 0.0899. The molecule has 1 fully saturated rings. The van der Waals surface area contributed by atoms with Crippen LogP contribution in [-0.4, -0.2) is 76.8 Å². The highest BCUT2D eigenvalue weighted by molar-refractivity contribution is 7.80. The van der Waals surface area contributed by atoms with Crippen molar-refractivity contribution in [1.82, 2.24) is 15.5 Å². The maximum absolute atomic E-state index is 12.9. The summed E-state index contributed by atoms with van der Waals surface area (Å²) in [5.41, 5.74) is -0.533. The zero-order valence-corrected chi connectivity index (χ0v) is 20.5. The van der Waals surface area contributed by atoms with Crippen LogP contribution in [0.4, 0.5) is 5.69 Å². The van der Waals surface area contributed by atoms with Gasteiger partial charge in [0.2, 0.25) is 5.91 Å². The summed E-state index contributed by atoms with van der Waals surface area (Å²) in [7, 11) is -0.0730. The van der Waals surface area contributed by atoms with Gasteiger partial charge in [0.1, 0.15) is 0 Å². The fraction of sp³-hybridized carbons (Fsp3) is 0.636. The maximum atomic E-state index is 12.9. The lowest BCUT2D eigenvalue weighted by molar-refractivity contribution is -0.384. The van der Waals surface area contributed by atoms with Gasteiger partial charge >= 0.3 is 7.12 Å². The SMILES string of the molecule is CN(CC(=O)NCCCCCCS)C1CCCCC1NC(=O)c1cc(B(O)O)cc([N+](=O)[O-])c1. The third-order valence-electron chi connectivity index (χ3n) is 6.12. The average molecular weight is 494 g/mol. The Hall–Kier alpha value is -2.15. The highest BCUT2D eigenvalue weighted by atomic mass is 32.1. The molecule has 1 aliphatic carbocycles. The Kier molecular flexibility index (Phi) is 11.8. The molecule has 188 valence electrons. The van der Waals surface area contributed by atoms with Crippen molar-refractivity contribution in [2.45, 2.75) is 63.5 Å². The second-order valence-electron chi connectivity index (χ2n) is 8.78. The van der Waals surface area contributed by atoms with Crippen molar-refractivity contribution in [3.63, 3.8) is 0 Å². The van der Waals surface area contributed by atoms with Crippen LogP contribution in [0.5, 0.6) is 0 Å². The van der Waals surface area contributed by atoms with E-state index in [1.54, 1.807) is 0 Å². The Labute approximate surface area is 206 Å². The average Bonchev–Trinajstić information content (AvgIpc) is 2.81. The van der Waals surface area contributed by atoms with Gasteiger partial charge in [0.15, 0.2) is 0 Å². The summed E-state index contributed by atoms with van der Waals surface area (Å²) in [5, 5.41) is 35.9. The lowest BCUT2D eigenvalue weighted by atomic mass is 9.79. The zero-order valence-electron chi connectivity index (χ0n) is 19.6. The van der Waals surface area contributed by atoms with Crippen LogP contribution in [0.1, 0.15) is 61.7 Å². The Bertz CT molecular complexity index is 844. The minimum absolute atomic E-state index is 0.0139. The van der Waals surface area contributed by atoms with Crippen LogP contribution < -0.4 is 16.1 Å². The van der Waals surface area contributed by atoms with E-state index in [0.717, 1.165) is 69.3 Å². The first-order chi connectivity index (χ1) is 16.2. The fourth-order valence-electron chi connectivity index (χ4n) is 4.30. The van der Waals surface area contributed by atoms with Crippen molar-refractivity contribution in [3.05, 3.63) is 33.9 Å². The number of benzene rings is 1. The highest BCUT2D eigenvalue weighted by Crippen LogP contribution is 2.23. The summed E-state index contributed by atoms with van der Waals surface area (Å²) in [6.45, 7) is 0.848. The summed E-state index contributed by atoms with van der Waals surface area (Å²) < 4.78 is 0. The lowest BCUT2D eigenvalue weighted by Crippen LogP contribution is -2.54. The number of non-ortho nitro benzene ring substituents is 1. The van der Waals surface area contributed by atoms with Crippen molar-refractivity contribution in [1.29, 1.82) is 0 Å². The van der Waals surface area contributed by atoms with Crippen molar-refractivity contribution < 1.29 is 24.6 Å². The molecule has 10 nitrogen and oxygen atoms in total. The van der Waals surface area contributed by atoms with Crippen LogP contribution in [-0.2, 0) is 4.79 Å². The van der Waals surface area contributed by atoms with Gasteiger partial charge in [-0.25, -0.2) is 0 Å². The molecule has 0 saturated heterocycles. The molecule has 2 atom stereocenters. The molecule has 2 amide bonds. The van der Waals surface area contributed by atoms with Crippen LogP contribution >= 0.6 is 12.6 Å². The van der Waals surface area contributed by atoms with Crippen LogP contribution in [0.25, 0.3) is 0 Å². The van der Waals surface area contributed by atoms with Crippen LogP contribution in [0.15, 0.2) is 18.2 Å². The number of amides is 2. The summed E-state index contributed by atoms with van der Waals surface area (Å²) in [4.78, 5) is 37.7. The van der Waals surface area contributed by atoms with Crippen molar-refractivity contribution in [2.24, 2.45) is 0 Å². The van der Waals surface area contributed by atoms with Gasteiger partial charge < -0.3 is 20.7 Å². The summed E-state index contributed by atoms with van der Waals surface area (Å²) in [6.07, 6.45) is 7.60. The van der Waals surface area contributed by atoms with Crippen molar-refractivity contribution in [3.8, 4) is 0 Å². The minimum atomic E-state index is -1.93. The van der Waals surface area contributed by atoms with E-state index in [0.29, 0.717) is 6.54 Å². The number of nitrogens with one attached hydrogen (secondary N) is 2. The second-order valence-corrected chi connectivity index (χ2v) is 9.23. The summed E-state index contributed by atoms with van der Waals surface area (Å²) >= 11 is 4.19. The molecule has 0 heterocycles. The number of carbonyl (C=O) groups excluding carboxylic acids is 2. The second kappa shape index (κ2) is 14.3. The number of unbranched alkanes of at least 4 members (excludes halogenated alkanes) is 3. The van der Waals surface area contributed by atoms with E-state index in [2.05, 4.69) is 23.3 Å². The number of hydrogen-bond acceptors (Lipinski definition) is 8. The van der Waals surface area contributed by atoms with E-state index in [9.17, 15) is 29.8 Å². The molecule has 2 rings (SSSR count). The number of hydrogen-bond donors (Lipinski definition) is 5. The molecule has 2 unspecified atom stereocenters. The van der Waals surface area contributed by atoms with Gasteiger partial charge in [-0.15, -0.1) is 0 Å². The largest absolute Gasteiger partial charge is 0.488 e. The van der Waals surface area contributed by atoms with Gasteiger partial charge in [0, 0.05) is 36.3 Å². The van der Waals surface area contributed by atoms with E-state index in [-0.39, 0.29) is 35.6 Å². The molecule has 4 N–H and O–H groups in total. The lowest BCUT2D eigenvalue weighted by Gasteiger charge is -2.38. The van der Waals surface area contributed by atoms with Crippen LogP contribution in [0.3, 0.4) is 0 Å². The standard InChI is InChI=1S/C22H35BN4O6S/c1-26(15-21(28)24-10-6-2-3-7-11-34)20-9-5-4-8-19(20)25-22(29)16-12-17(23(30)31)14-18(13-16)27(32)33/h12-14,19-20,30-31,34H,2-11,15H2,1H3,(H,24,28)(H,25,29). The van der Waals surface area contributed by atoms with E-state index in [4.69, 9.17) is 0 Å². The number of nitrogens with zero attached hydrogens (tertiary/aromatic N) is 2. The molecule has 34 heavy (non-hydrogen) atoms. The Morgan fingerprint density at radius 3 is 2.56 bits per heavy atom. The molecule has 1 aromatic rings. The first-order valence-electron chi connectivity index (χ1n) is 11.8. The molecule has 0 radical (unpaired) electrons. The fourth-order valence-corrected chi connectivity index (χ4v) is 4.52. The first-order valence-corrected chi connectivity index (χ1v) is 12.4. The predicted molar refractivity (Wildman–Crippen MR) is 134 cm³/mol. The monoisotopic (exact) mass is 494 g/mol. The van der Waals surface area contributed by atoms with E-state index >= 15 is 0 Å². The van der Waals surface area contributed by atoms with Gasteiger partial charge in [-0.3, -0.25) is 24.6 Å². The Morgan fingerprint density at radius 1 is 1.18 bits per heavy atom. The van der Waals surface area contributed by atoms with Gasteiger partial charge in [-0.1, -0.05) is 25.7 Å².